The SMILES string of the molecule is CCOC(=O)CCc1ccc(/C=N/O)c(O)c1.CCOC(=O)CCc1ccc(C=O)c(O)c1.CCOC(=O)CCc1cccc(O)c1.O=C(O)CCc1cccc(O)c1. The van der Waals surface area contributed by atoms with Gasteiger partial charge in [-0.15, -0.1) is 0 Å². The lowest BCUT2D eigenvalue weighted by Gasteiger charge is -2.04. The molecule has 318 valence electrons. The molecule has 0 spiro atoms. The highest BCUT2D eigenvalue weighted by atomic mass is 16.5. The molecule has 0 saturated heterocycles. The van der Waals surface area contributed by atoms with Crippen LogP contribution in [0.2, 0.25) is 0 Å². The molecule has 59 heavy (non-hydrogen) atoms. The molecule has 0 unspecified atom stereocenters. The molecular weight excluding hydrogens is 766 g/mol. The van der Waals surface area contributed by atoms with Crippen LogP contribution in [-0.4, -0.2) is 86.9 Å². The summed E-state index contributed by atoms with van der Waals surface area (Å²) in [5.41, 5.74) is 4.09. The third-order valence-electron chi connectivity index (χ3n) is 7.73. The second-order valence-corrected chi connectivity index (χ2v) is 12.3. The number of ether oxygens (including phenoxy) is 3. The number of phenolic OH excluding ortho intramolecular Hbond substituents is 4. The first kappa shape index (κ1) is 50.1. The lowest BCUT2D eigenvalue weighted by molar-refractivity contribution is -0.144. The van der Waals surface area contributed by atoms with Gasteiger partial charge >= 0.3 is 23.9 Å². The van der Waals surface area contributed by atoms with Crippen molar-refractivity contribution in [2.75, 3.05) is 19.8 Å². The zero-order chi connectivity index (χ0) is 44.0. The number of hydrogen-bond acceptors (Lipinski definition) is 14. The van der Waals surface area contributed by atoms with Crippen LogP contribution in [0.5, 0.6) is 23.0 Å². The Hall–Kier alpha value is -6.90. The van der Waals surface area contributed by atoms with Crippen LogP contribution in [0.3, 0.4) is 0 Å². The van der Waals surface area contributed by atoms with E-state index in [0.717, 1.165) is 28.5 Å². The second-order valence-electron chi connectivity index (χ2n) is 12.3. The van der Waals surface area contributed by atoms with Crippen molar-refractivity contribution < 1.29 is 68.9 Å². The molecule has 0 fully saturated rings. The highest BCUT2D eigenvalue weighted by molar-refractivity contribution is 5.83. The van der Waals surface area contributed by atoms with E-state index in [-0.39, 0.29) is 65.7 Å². The minimum atomic E-state index is -0.821. The van der Waals surface area contributed by atoms with Gasteiger partial charge in [0.25, 0.3) is 0 Å². The molecule has 0 radical (unpaired) electrons. The zero-order valence-corrected chi connectivity index (χ0v) is 33.4. The van der Waals surface area contributed by atoms with Gasteiger partial charge in [-0.05, 0) is 117 Å². The van der Waals surface area contributed by atoms with Crippen molar-refractivity contribution in [1.29, 1.82) is 0 Å². The third kappa shape index (κ3) is 23.1. The summed E-state index contributed by atoms with van der Waals surface area (Å²) in [5.74, 6) is -1.17. The Morgan fingerprint density at radius 1 is 0.542 bits per heavy atom. The zero-order valence-electron chi connectivity index (χ0n) is 33.4. The summed E-state index contributed by atoms with van der Waals surface area (Å²) in [7, 11) is 0. The first-order valence-corrected chi connectivity index (χ1v) is 18.8. The molecule has 15 heteroatoms. The predicted octanol–water partition coefficient (Wildman–Crippen LogP) is 6.69. The first-order valence-electron chi connectivity index (χ1n) is 18.8. The number of esters is 3. The van der Waals surface area contributed by atoms with Gasteiger partial charge < -0.3 is 45.0 Å². The van der Waals surface area contributed by atoms with Gasteiger partial charge in [-0.2, -0.15) is 0 Å². The monoisotopic (exact) mass is 819 g/mol. The van der Waals surface area contributed by atoms with E-state index in [1.54, 1.807) is 81.4 Å². The number of aromatic hydroxyl groups is 4. The van der Waals surface area contributed by atoms with Crippen LogP contribution in [-0.2, 0) is 59.1 Å². The van der Waals surface area contributed by atoms with E-state index in [1.807, 2.05) is 6.07 Å². The number of carbonyl (C=O) groups is 5. The molecule has 0 aliphatic rings. The quantitative estimate of drug-likeness (QED) is 0.0162. The number of carboxylic acids is 1. The van der Waals surface area contributed by atoms with Crippen molar-refractivity contribution in [2.24, 2.45) is 5.16 Å². The Morgan fingerprint density at radius 2 is 0.915 bits per heavy atom. The van der Waals surface area contributed by atoms with E-state index in [9.17, 15) is 34.2 Å². The number of aryl methyl sites for hydroxylation is 4. The highest BCUT2D eigenvalue weighted by Crippen LogP contribution is 2.19. The second kappa shape index (κ2) is 29.4. The number of oxime groups is 1. The minimum Gasteiger partial charge on any atom is -0.508 e. The molecule has 0 aliphatic heterocycles. The van der Waals surface area contributed by atoms with E-state index in [4.69, 9.17) is 34.7 Å². The van der Waals surface area contributed by atoms with Gasteiger partial charge in [-0.1, -0.05) is 41.6 Å². The average Bonchev–Trinajstić information content (AvgIpc) is 3.20. The number of carboxylic acid groups (broad SMARTS) is 1. The van der Waals surface area contributed by atoms with Gasteiger partial charge in [-0.3, -0.25) is 24.0 Å². The van der Waals surface area contributed by atoms with Crippen LogP contribution < -0.4 is 0 Å². The Morgan fingerprint density at radius 3 is 1.24 bits per heavy atom. The van der Waals surface area contributed by atoms with Gasteiger partial charge in [0.1, 0.15) is 23.0 Å². The molecule has 0 aromatic heterocycles. The minimum absolute atomic E-state index is 0.0177. The lowest BCUT2D eigenvalue weighted by Crippen LogP contribution is -2.05. The summed E-state index contributed by atoms with van der Waals surface area (Å²) in [6.45, 7) is 6.45. The maximum absolute atomic E-state index is 11.1. The van der Waals surface area contributed by atoms with Crippen molar-refractivity contribution in [1.82, 2.24) is 0 Å². The molecule has 6 N–H and O–H groups in total. The molecule has 15 nitrogen and oxygen atoms in total. The van der Waals surface area contributed by atoms with Crippen molar-refractivity contribution in [3.8, 4) is 23.0 Å². The number of carbonyl (C=O) groups excluding carboxylic acids is 4. The predicted molar refractivity (Wildman–Crippen MR) is 218 cm³/mol. The topological polar surface area (TPSA) is 247 Å². The highest BCUT2D eigenvalue weighted by Gasteiger charge is 2.07. The largest absolute Gasteiger partial charge is 0.508 e. The molecule has 4 rings (SSSR count). The molecule has 0 saturated carbocycles. The number of phenols is 4. The van der Waals surface area contributed by atoms with Crippen LogP contribution in [0.15, 0.2) is 90.1 Å². The van der Waals surface area contributed by atoms with Crippen molar-refractivity contribution in [3.63, 3.8) is 0 Å². The van der Waals surface area contributed by atoms with E-state index in [2.05, 4.69) is 5.16 Å². The standard InChI is InChI=1S/C12H15NO4.C12H14O4.C11H14O3.C9H10O3/c1-2-17-12(15)6-4-9-3-5-10(8-13-16)11(14)7-9;1-2-16-12(15)6-4-9-3-5-10(8-13)11(14)7-9;1-2-14-11(13)7-6-9-4-3-5-10(12)8-9;10-8-3-1-2-7(6-8)4-5-9(11)12/h3,5,7-8,14,16H,2,4,6H2,1H3;3,5,7-8,14H,2,4,6H2,1H3;3-5,8,12H,2,6-7H2,1H3;1-3,6,10H,4-5H2,(H,11,12)/b13-8+;;;. The maximum Gasteiger partial charge on any atom is 0.306 e. The third-order valence-corrected chi connectivity index (χ3v) is 7.73. The maximum atomic E-state index is 11.1. The van der Waals surface area contributed by atoms with Gasteiger partial charge in [0.2, 0.25) is 0 Å². The molecule has 0 amide bonds. The molecular formula is C44H53NO14. The summed E-state index contributed by atoms with van der Waals surface area (Å²) in [6.07, 6.45) is 4.80. The fourth-order valence-corrected chi connectivity index (χ4v) is 4.87. The Balaban J connectivity index is 0.000000396. The Labute approximate surface area is 343 Å². The van der Waals surface area contributed by atoms with E-state index < -0.39 is 5.97 Å². The van der Waals surface area contributed by atoms with E-state index in [0.29, 0.717) is 63.8 Å². The van der Waals surface area contributed by atoms with Gasteiger partial charge in [0.05, 0.1) is 31.6 Å². The summed E-state index contributed by atoms with van der Waals surface area (Å²) < 4.78 is 14.4. The Kier molecular flexibility index (Phi) is 24.9. The summed E-state index contributed by atoms with van der Waals surface area (Å²) in [6, 6.07) is 23.2. The number of aliphatic carboxylic acids is 1. The lowest BCUT2D eigenvalue weighted by atomic mass is 10.1. The van der Waals surface area contributed by atoms with E-state index >= 15 is 0 Å². The van der Waals surface area contributed by atoms with Crippen LogP contribution in [0.25, 0.3) is 0 Å². The van der Waals surface area contributed by atoms with Gasteiger partial charge in [0.15, 0.2) is 6.29 Å². The van der Waals surface area contributed by atoms with Crippen LogP contribution in [0.1, 0.15) is 84.6 Å². The number of aldehydes is 1. The molecule has 4 aromatic rings. The summed E-state index contributed by atoms with van der Waals surface area (Å²) >= 11 is 0. The molecule has 0 heterocycles. The first-order chi connectivity index (χ1) is 28.2. The molecule has 0 atom stereocenters. The Bertz CT molecular complexity index is 1940. The fourth-order valence-electron chi connectivity index (χ4n) is 4.87. The normalized spacial score (nSPS) is 10.0. The van der Waals surface area contributed by atoms with Crippen LogP contribution in [0.4, 0.5) is 0 Å². The molecule has 0 bridgehead atoms. The molecule has 4 aromatic carbocycles. The van der Waals surface area contributed by atoms with Crippen molar-refractivity contribution in [3.05, 3.63) is 118 Å². The van der Waals surface area contributed by atoms with Gasteiger partial charge in [-0.25, -0.2) is 0 Å². The summed E-state index contributed by atoms with van der Waals surface area (Å²) in [4.78, 5) is 53.9. The van der Waals surface area contributed by atoms with E-state index in [1.165, 1.54) is 18.2 Å². The number of nitrogens with zero attached hydrogens (tertiary/aromatic N) is 1. The molecule has 0 aliphatic carbocycles. The van der Waals surface area contributed by atoms with Crippen molar-refractivity contribution in [2.45, 2.75) is 72.1 Å². The summed E-state index contributed by atoms with van der Waals surface area (Å²) in [5, 5.41) is 56.7. The number of hydrogen-bond donors (Lipinski definition) is 6. The number of rotatable bonds is 17. The van der Waals surface area contributed by atoms with Crippen LogP contribution in [0, 0.1) is 0 Å². The van der Waals surface area contributed by atoms with Crippen LogP contribution >= 0.6 is 0 Å². The van der Waals surface area contributed by atoms with Gasteiger partial charge in [0, 0.05) is 31.2 Å². The fraction of sp³-hybridized carbons (Fsp3) is 0.318. The average molecular weight is 820 g/mol. The van der Waals surface area contributed by atoms with Crippen molar-refractivity contribution >= 4 is 36.4 Å². The smallest absolute Gasteiger partial charge is 0.306 e. The number of benzene rings is 4.